The summed E-state index contributed by atoms with van der Waals surface area (Å²) in [6.07, 6.45) is 2.59. The number of nitrogens with one attached hydrogen (secondary N) is 1. The van der Waals surface area contributed by atoms with Gasteiger partial charge in [0.25, 0.3) is 0 Å². The van der Waals surface area contributed by atoms with E-state index in [9.17, 15) is 4.79 Å². The van der Waals surface area contributed by atoms with Crippen molar-refractivity contribution in [3.05, 3.63) is 22.7 Å². The number of amides is 1. The molecular weight excluding hydrogens is 346 g/mol. The second kappa shape index (κ2) is 8.09. The zero-order valence-corrected chi connectivity index (χ0v) is 15.5. The highest BCUT2D eigenvalue weighted by atomic mass is 32.2. The van der Waals surface area contributed by atoms with Crippen molar-refractivity contribution in [3.63, 3.8) is 0 Å². The largest absolute Gasteiger partial charge is 0.377 e. The van der Waals surface area contributed by atoms with Gasteiger partial charge in [0.15, 0.2) is 10.2 Å². The Morgan fingerprint density at radius 3 is 3.12 bits per heavy atom. The zero-order valence-electron chi connectivity index (χ0n) is 13.8. The van der Waals surface area contributed by atoms with Crippen molar-refractivity contribution in [2.45, 2.75) is 49.7 Å². The van der Waals surface area contributed by atoms with Crippen LogP contribution in [0.4, 0.5) is 0 Å². The van der Waals surface area contributed by atoms with Crippen molar-refractivity contribution >= 4 is 29.0 Å². The summed E-state index contributed by atoms with van der Waals surface area (Å²) in [6.45, 7) is 3.24. The number of rotatable bonds is 6. The summed E-state index contributed by atoms with van der Waals surface area (Å²) < 4.78 is 8.22. The first-order chi connectivity index (χ1) is 11.7. The summed E-state index contributed by atoms with van der Waals surface area (Å²) in [4.78, 5) is 16.5. The number of thioether (sulfide) groups is 1. The number of aryl methyl sites for hydroxylation is 2. The minimum atomic E-state index is 0.0626. The molecule has 1 N–H and O–H groups in total. The highest BCUT2D eigenvalue weighted by Crippen LogP contribution is 2.22. The molecule has 3 heterocycles. The molecule has 0 saturated heterocycles. The van der Waals surface area contributed by atoms with Crippen LogP contribution in [0.3, 0.4) is 0 Å². The van der Waals surface area contributed by atoms with Crippen LogP contribution < -0.4 is 5.32 Å². The Hall–Kier alpha value is -1.45. The molecule has 0 spiro atoms. The van der Waals surface area contributed by atoms with E-state index in [1.165, 1.54) is 11.8 Å². The number of nitrogens with zero attached hydrogens (tertiary/aromatic N) is 4. The number of hydrogen-bond acceptors (Lipinski definition) is 7. The van der Waals surface area contributed by atoms with Gasteiger partial charge in [-0.2, -0.15) is 0 Å². The van der Waals surface area contributed by atoms with E-state index in [-0.39, 0.29) is 11.9 Å². The maximum atomic E-state index is 12.2. The fourth-order valence-electron chi connectivity index (χ4n) is 2.72. The van der Waals surface area contributed by atoms with Crippen LogP contribution in [0.2, 0.25) is 0 Å². The zero-order chi connectivity index (χ0) is 16.9. The van der Waals surface area contributed by atoms with E-state index in [1.54, 1.807) is 18.4 Å². The van der Waals surface area contributed by atoms with Gasteiger partial charge in [-0.1, -0.05) is 11.8 Å². The number of fused-ring (bicyclic) bond motifs is 1. The molecule has 130 valence electrons. The summed E-state index contributed by atoms with van der Waals surface area (Å²) in [5.74, 6) is 2.30. The van der Waals surface area contributed by atoms with Gasteiger partial charge in [-0.15, -0.1) is 21.5 Å². The number of methoxy groups -OCH3 is 1. The van der Waals surface area contributed by atoms with Gasteiger partial charge in [0, 0.05) is 37.2 Å². The molecule has 1 unspecified atom stereocenters. The normalized spacial score (nSPS) is 17.3. The lowest BCUT2D eigenvalue weighted by atomic mass is 10.1. The molecule has 1 aliphatic rings. The van der Waals surface area contributed by atoms with Crippen LogP contribution in [0.1, 0.15) is 30.2 Å². The lowest BCUT2D eigenvalue weighted by Gasteiger charge is -2.15. The number of hydrogen-bond donors (Lipinski definition) is 1. The topological polar surface area (TPSA) is 81.9 Å². The van der Waals surface area contributed by atoms with Gasteiger partial charge < -0.3 is 14.6 Å². The van der Waals surface area contributed by atoms with Gasteiger partial charge in [-0.3, -0.25) is 4.79 Å². The van der Waals surface area contributed by atoms with Crippen LogP contribution in [-0.2, 0) is 29.1 Å². The van der Waals surface area contributed by atoms with E-state index >= 15 is 0 Å². The third-order valence-electron chi connectivity index (χ3n) is 3.88. The molecule has 0 aromatic carbocycles. The molecule has 24 heavy (non-hydrogen) atoms. The van der Waals surface area contributed by atoms with E-state index < -0.39 is 0 Å². The Morgan fingerprint density at radius 2 is 2.38 bits per heavy atom. The van der Waals surface area contributed by atoms with E-state index in [0.29, 0.717) is 12.4 Å². The van der Waals surface area contributed by atoms with E-state index in [0.717, 1.165) is 47.5 Å². The van der Waals surface area contributed by atoms with Crippen LogP contribution in [0.5, 0.6) is 0 Å². The van der Waals surface area contributed by atoms with Gasteiger partial charge in [0.1, 0.15) is 12.4 Å². The molecular formula is C15H21N5O2S2. The smallest absolute Gasteiger partial charge is 0.230 e. The number of ether oxygens (including phenoxy) is 1. The predicted molar refractivity (Wildman–Crippen MR) is 93.2 cm³/mol. The lowest BCUT2D eigenvalue weighted by Crippen LogP contribution is -2.36. The second-order valence-corrected chi connectivity index (χ2v) is 7.83. The highest BCUT2D eigenvalue weighted by molar-refractivity contribution is 8.01. The minimum Gasteiger partial charge on any atom is -0.377 e. The summed E-state index contributed by atoms with van der Waals surface area (Å²) in [7, 11) is 1.66. The second-order valence-electron chi connectivity index (χ2n) is 5.75. The summed E-state index contributed by atoms with van der Waals surface area (Å²) in [5, 5.41) is 13.5. The summed E-state index contributed by atoms with van der Waals surface area (Å²) in [6, 6.07) is 0.174. The van der Waals surface area contributed by atoms with Crippen LogP contribution in [-0.4, -0.2) is 44.6 Å². The fraction of sp³-hybridized carbons (Fsp3) is 0.600. The number of thiazole rings is 1. The van der Waals surface area contributed by atoms with E-state index in [2.05, 4.69) is 25.1 Å². The van der Waals surface area contributed by atoms with Gasteiger partial charge in [0.05, 0.1) is 5.75 Å². The SMILES string of the molecule is COCc1nnc2n1CCC(NC(=O)CSc1nc(C)cs1)CC2. The minimum absolute atomic E-state index is 0.0626. The molecule has 0 aliphatic carbocycles. The molecule has 0 fully saturated rings. The van der Waals surface area contributed by atoms with Gasteiger partial charge in [-0.25, -0.2) is 4.98 Å². The number of aromatic nitrogens is 4. The molecule has 1 atom stereocenters. The lowest BCUT2D eigenvalue weighted by molar-refractivity contribution is -0.119. The Balaban J connectivity index is 1.49. The van der Waals surface area contributed by atoms with E-state index in [1.807, 2.05) is 12.3 Å². The van der Waals surface area contributed by atoms with E-state index in [4.69, 9.17) is 4.74 Å². The van der Waals surface area contributed by atoms with Crippen LogP contribution >= 0.6 is 23.1 Å². The number of carbonyl (C=O) groups is 1. The Morgan fingerprint density at radius 1 is 1.50 bits per heavy atom. The predicted octanol–water partition coefficient (Wildman–Crippen LogP) is 1.80. The molecule has 2 aromatic rings. The molecule has 2 aromatic heterocycles. The Labute approximate surface area is 149 Å². The van der Waals surface area contributed by atoms with Gasteiger partial charge in [-0.05, 0) is 19.8 Å². The third kappa shape index (κ3) is 4.34. The van der Waals surface area contributed by atoms with Gasteiger partial charge in [0.2, 0.25) is 5.91 Å². The highest BCUT2D eigenvalue weighted by Gasteiger charge is 2.21. The average molecular weight is 368 g/mol. The monoisotopic (exact) mass is 367 g/mol. The first kappa shape index (κ1) is 17.4. The van der Waals surface area contributed by atoms with Crippen molar-refractivity contribution in [3.8, 4) is 0 Å². The van der Waals surface area contributed by atoms with Gasteiger partial charge >= 0.3 is 0 Å². The molecule has 3 rings (SSSR count). The molecule has 1 amide bonds. The van der Waals surface area contributed by atoms with Crippen molar-refractivity contribution in [2.24, 2.45) is 0 Å². The van der Waals surface area contributed by atoms with Crippen LogP contribution in [0, 0.1) is 6.92 Å². The van der Waals surface area contributed by atoms with Crippen molar-refractivity contribution in [1.82, 2.24) is 25.1 Å². The quantitative estimate of drug-likeness (QED) is 0.784. The molecule has 9 heteroatoms. The Kier molecular flexibility index (Phi) is 5.85. The van der Waals surface area contributed by atoms with Crippen molar-refractivity contribution in [1.29, 1.82) is 0 Å². The van der Waals surface area contributed by atoms with Crippen molar-refractivity contribution < 1.29 is 9.53 Å². The Bertz CT molecular complexity index is 700. The standard InChI is InChI=1S/C15H21N5O2S2/c1-10-8-23-15(16-10)24-9-14(21)17-11-3-4-12-18-19-13(7-22-2)20(12)6-5-11/h8,11H,3-7,9H2,1-2H3,(H,17,21). The molecule has 0 bridgehead atoms. The molecule has 1 aliphatic heterocycles. The summed E-state index contributed by atoms with van der Waals surface area (Å²) >= 11 is 3.07. The fourth-order valence-corrected chi connectivity index (χ4v) is 4.38. The third-order valence-corrected chi connectivity index (χ3v) is 6.02. The summed E-state index contributed by atoms with van der Waals surface area (Å²) in [5.41, 5.74) is 1.00. The molecule has 0 radical (unpaired) electrons. The average Bonchev–Trinajstić information content (AvgIpc) is 3.09. The maximum Gasteiger partial charge on any atom is 0.230 e. The number of carbonyl (C=O) groups excluding carboxylic acids is 1. The van der Waals surface area contributed by atoms with Crippen LogP contribution in [0.25, 0.3) is 0 Å². The van der Waals surface area contributed by atoms with Crippen molar-refractivity contribution in [2.75, 3.05) is 12.9 Å². The van der Waals surface area contributed by atoms with Crippen LogP contribution in [0.15, 0.2) is 9.72 Å². The first-order valence-corrected chi connectivity index (χ1v) is 9.76. The molecule has 0 saturated carbocycles. The first-order valence-electron chi connectivity index (χ1n) is 7.90. The molecule has 7 nitrogen and oxygen atoms in total. The maximum absolute atomic E-state index is 12.2.